The first-order valence-corrected chi connectivity index (χ1v) is 8.32. The third kappa shape index (κ3) is 2.53. The van der Waals surface area contributed by atoms with Crippen LogP contribution in [0.25, 0.3) is 0 Å². The van der Waals surface area contributed by atoms with Crippen LogP contribution < -0.4 is 4.74 Å². The number of halogens is 2. The largest absolute Gasteiger partial charge is 0.422 e. The SMILES string of the molecule is O=C1Oc2ccc(Cl)cc2C(=O)C1=Ic1ccccc1. The second kappa shape index (κ2) is 5.46. The summed E-state index contributed by atoms with van der Waals surface area (Å²) in [4.78, 5) is 24.4. The fourth-order valence-electron chi connectivity index (χ4n) is 1.79. The molecule has 0 saturated heterocycles. The van der Waals surface area contributed by atoms with Crippen molar-refractivity contribution in [2.75, 3.05) is 0 Å². The van der Waals surface area contributed by atoms with Crippen LogP contribution >= 0.6 is 32.3 Å². The zero-order valence-corrected chi connectivity index (χ0v) is 13.0. The van der Waals surface area contributed by atoms with Crippen LogP contribution in [0.5, 0.6) is 5.75 Å². The fraction of sp³-hybridized carbons (Fsp3) is 0. The van der Waals surface area contributed by atoms with E-state index in [-0.39, 0.29) is 15.0 Å². The Morgan fingerprint density at radius 1 is 1.00 bits per heavy atom. The molecule has 3 rings (SSSR count). The van der Waals surface area contributed by atoms with E-state index in [9.17, 15) is 9.59 Å². The molecule has 0 radical (unpaired) electrons. The lowest BCUT2D eigenvalue weighted by Crippen LogP contribution is -2.32. The number of hydrogen-bond donors (Lipinski definition) is 0. The van der Waals surface area contributed by atoms with Crippen molar-refractivity contribution in [3.8, 4) is 5.75 Å². The van der Waals surface area contributed by atoms with E-state index < -0.39 is 26.7 Å². The zero-order chi connectivity index (χ0) is 14.1. The third-order valence-corrected chi connectivity index (χ3v) is 5.75. The van der Waals surface area contributed by atoms with Crippen molar-refractivity contribution < 1.29 is 14.3 Å². The number of rotatable bonds is 1. The molecule has 0 saturated carbocycles. The van der Waals surface area contributed by atoms with Crippen molar-refractivity contribution in [3.63, 3.8) is 0 Å². The number of esters is 1. The van der Waals surface area contributed by atoms with E-state index >= 15 is 0 Å². The van der Waals surface area contributed by atoms with E-state index in [0.717, 1.165) is 3.57 Å². The van der Waals surface area contributed by atoms with Gasteiger partial charge in [0.2, 0.25) is 5.78 Å². The van der Waals surface area contributed by atoms with E-state index in [1.165, 1.54) is 0 Å². The molecule has 2 aromatic carbocycles. The molecule has 0 N–H and O–H groups in total. The topological polar surface area (TPSA) is 43.4 Å². The highest BCUT2D eigenvalue weighted by Gasteiger charge is 2.31. The van der Waals surface area contributed by atoms with Crippen LogP contribution in [0.3, 0.4) is 0 Å². The lowest BCUT2D eigenvalue weighted by Gasteiger charge is -2.16. The van der Waals surface area contributed by atoms with Gasteiger partial charge in [0.05, 0.1) is 5.56 Å². The number of carbonyl (C=O) groups excluding carboxylic acids is 2. The van der Waals surface area contributed by atoms with E-state index in [2.05, 4.69) is 0 Å². The Morgan fingerprint density at radius 2 is 1.75 bits per heavy atom. The lowest BCUT2D eigenvalue weighted by atomic mass is 10.1. The average Bonchev–Trinajstić information content (AvgIpc) is 2.46. The summed E-state index contributed by atoms with van der Waals surface area (Å²) >= 11 is 5.03. The highest BCUT2D eigenvalue weighted by molar-refractivity contribution is 14.2. The summed E-state index contributed by atoms with van der Waals surface area (Å²) in [7, 11) is 0. The Hall–Kier alpha value is -1.53. The summed E-state index contributed by atoms with van der Waals surface area (Å²) in [5.41, 5.74) is 0.364. The predicted octanol–water partition coefficient (Wildman–Crippen LogP) is 3.45. The van der Waals surface area contributed by atoms with Crippen LogP contribution in [-0.4, -0.2) is 15.3 Å². The smallest absolute Gasteiger partial charge is 0.353 e. The molecule has 2 aromatic rings. The van der Waals surface area contributed by atoms with Crippen LogP contribution in [0, 0.1) is 3.57 Å². The summed E-state index contributed by atoms with van der Waals surface area (Å²) < 4.78 is 6.45. The Kier molecular flexibility index (Phi) is 3.67. The van der Waals surface area contributed by atoms with Gasteiger partial charge in [0.1, 0.15) is 9.26 Å². The van der Waals surface area contributed by atoms with Gasteiger partial charge >= 0.3 is 5.97 Å². The summed E-state index contributed by atoms with van der Waals surface area (Å²) in [5, 5.41) is 0.451. The minimum Gasteiger partial charge on any atom is -0.422 e. The van der Waals surface area contributed by atoms with Crippen molar-refractivity contribution >= 4 is 47.6 Å². The number of Topliss-reactive ketones (excluding diaryl/α,β-unsaturated/α-hetero) is 1. The number of ketones is 1. The van der Waals surface area contributed by atoms with Gasteiger partial charge in [0, 0.05) is 8.59 Å². The molecule has 0 spiro atoms. The maximum absolute atomic E-state index is 12.4. The number of carbonyl (C=O) groups is 2. The molecule has 0 aromatic heterocycles. The quantitative estimate of drug-likeness (QED) is 0.420. The van der Waals surface area contributed by atoms with Gasteiger partial charge in [-0.05, 0) is 30.3 Å². The van der Waals surface area contributed by atoms with E-state index in [0.29, 0.717) is 10.6 Å². The van der Waals surface area contributed by atoms with Crippen molar-refractivity contribution in [2.24, 2.45) is 0 Å². The second-order valence-corrected chi connectivity index (χ2v) is 7.36. The Balaban J connectivity index is 2.08. The monoisotopic (exact) mass is 398 g/mol. The summed E-state index contributed by atoms with van der Waals surface area (Å²) in [6.45, 7) is 0. The molecule has 0 amide bonds. The summed E-state index contributed by atoms with van der Waals surface area (Å²) in [6.07, 6.45) is 0. The van der Waals surface area contributed by atoms with Crippen LogP contribution in [0.2, 0.25) is 5.02 Å². The molecule has 100 valence electrons. The molecule has 1 aliphatic rings. The van der Waals surface area contributed by atoms with Crippen molar-refractivity contribution in [1.29, 1.82) is 0 Å². The van der Waals surface area contributed by atoms with Crippen LogP contribution in [0.15, 0.2) is 48.5 Å². The van der Waals surface area contributed by atoms with E-state index in [1.54, 1.807) is 18.2 Å². The third-order valence-electron chi connectivity index (χ3n) is 2.70. The molecule has 0 fully saturated rings. The first kappa shape index (κ1) is 13.5. The Labute approximate surface area is 130 Å². The maximum Gasteiger partial charge on any atom is 0.353 e. The molecule has 0 bridgehead atoms. The van der Waals surface area contributed by atoms with Gasteiger partial charge in [-0.15, -0.1) is 0 Å². The normalized spacial score (nSPS) is 16.4. The standard InChI is InChI=1S/C15H8ClIO3/c16-9-6-7-12-11(8-9)14(18)13(15(19)20-12)17-10-4-2-1-3-5-10/h1-8H. The molecule has 1 heterocycles. The highest BCUT2D eigenvalue weighted by atomic mass is 127. The van der Waals surface area contributed by atoms with Gasteiger partial charge in [-0.25, -0.2) is 4.79 Å². The van der Waals surface area contributed by atoms with Crippen LogP contribution in [0.1, 0.15) is 10.4 Å². The fourth-order valence-corrected chi connectivity index (χ4v) is 4.23. The van der Waals surface area contributed by atoms with Gasteiger partial charge in [0.15, 0.2) is 0 Å². The van der Waals surface area contributed by atoms with Crippen molar-refractivity contribution in [3.05, 3.63) is 62.7 Å². The van der Waals surface area contributed by atoms with Gasteiger partial charge in [-0.2, -0.15) is 0 Å². The first-order valence-electron chi connectivity index (χ1n) is 5.78. The van der Waals surface area contributed by atoms with E-state index in [1.807, 2.05) is 30.3 Å². The molecule has 3 nitrogen and oxygen atoms in total. The second-order valence-electron chi connectivity index (χ2n) is 4.06. The number of ether oxygens (including phenoxy) is 1. The molecular formula is C15H8ClIO3. The van der Waals surface area contributed by atoms with E-state index in [4.69, 9.17) is 16.3 Å². The molecule has 1 aliphatic heterocycles. The molecule has 20 heavy (non-hydrogen) atoms. The van der Waals surface area contributed by atoms with Crippen molar-refractivity contribution in [1.82, 2.24) is 0 Å². The predicted molar refractivity (Wildman–Crippen MR) is 85.6 cm³/mol. The summed E-state index contributed by atoms with van der Waals surface area (Å²) in [6, 6.07) is 14.2. The van der Waals surface area contributed by atoms with Crippen molar-refractivity contribution in [2.45, 2.75) is 0 Å². The van der Waals surface area contributed by atoms with Crippen LogP contribution in [0.4, 0.5) is 0 Å². The zero-order valence-electron chi connectivity index (χ0n) is 10.1. The summed E-state index contributed by atoms with van der Waals surface area (Å²) in [5.74, 6) is -0.526. The highest BCUT2D eigenvalue weighted by Crippen LogP contribution is 2.29. The van der Waals surface area contributed by atoms with Crippen LogP contribution in [-0.2, 0) is 4.79 Å². The maximum atomic E-state index is 12.4. The number of benzene rings is 2. The minimum atomic E-state index is -0.861. The molecule has 0 atom stereocenters. The molecular weight excluding hydrogens is 391 g/mol. The van der Waals surface area contributed by atoms with Gasteiger partial charge in [-0.1, -0.05) is 50.5 Å². The molecule has 0 aliphatic carbocycles. The Bertz CT molecular complexity index is 738. The Morgan fingerprint density at radius 3 is 2.50 bits per heavy atom. The van der Waals surface area contributed by atoms with Gasteiger partial charge in [0.25, 0.3) is 0 Å². The minimum absolute atomic E-state index is 0.241. The molecule has 0 unspecified atom stereocenters. The number of fused-ring (bicyclic) bond motifs is 1. The lowest BCUT2D eigenvalue weighted by molar-refractivity contribution is -0.126. The first-order chi connectivity index (χ1) is 9.65. The van der Waals surface area contributed by atoms with Gasteiger partial charge < -0.3 is 4.74 Å². The number of hydrogen-bond acceptors (Lipinski definition) is 3. The average molecular weight is 399 g/mol. The van der Waals surface area contributed by atoms with Gasteiger partial charge in [-0.3, -0.25) is 4.79 Å². The molecule has 5 heteroatoms.